The third-order valence-electron chi connectivity index (χ3n) is 2.38. The average molecular weight is 159 g/mol. The minimum Gasteiger partial charge on any atom is -0.258 e. The monoisotopic (exact) mass is 159 g/mol. The van der Waals surface area contributed by atoms with Gasteiger partial charge in [-0.2, -0.15) is 0 Å². The molecule has 0 aromatic heterocycles. The lowest BCUT2D eigenvalue weighted by atomic mass is 9.92. The first-order valence-electron chi connectivity index (χ1n) is 4.40. The van der Waals surface area contributed by atoms with E-state index in [1.807, 2.05) is 6.07 Å². The van der Waals surface area contributed by atoms with Crippen molar-refractivity contribution in [3.63, 3.8) is 0 Å². The third-order valence-corrected chi connectivity index (χ3v) is 2.38. The van der Waals surface area contributed by atoms with Crippen molar-refractivity contribution in [2.75, 3.05) is 0 Å². The highest BCUT2D eigenvalue weighted by Crippen LogP contribution is 2.33. The lowest BCUT2D eigenvalue weighted by molar-refractivity contribution is 0.789. The van der Waals surface area contributed by atoms with Crippen LogP contribution in [0.15, 0.2) is 29.3 Å². The molecule has 12 heavy (non-hydrogen) atoms. The molecule has 1 nitrogen and oxygen atoms in total. The Kier molecular flexibility index (Phi) is 1.72. The van der Waals surface area contributed by atoms with Crippen LogP contribution in [0.1, 0.15) is 31.7 Å². The van der Waals surface area contributed by atoms with Gasteiger partial charge in [0.2, 0.25) is 0 Å². The molecule has 0 radical (unpaired) electrons. The fourth-order valence-electron chi connectivity index (χ4n) is 1.81. The van der Waals surface area contributed by atoms with E-state index in [2.05, 4.69) is 37.0 Å². The van der Waals surface area contributed by atoms with Crippen molar-refractivity contribution in [3.8, 4) is 0 Å². The summed E-state index contributed by atoms with van der Waals surface area (Å²) in [5.74, 6) is 0.638. The van der Waals surface area contributed by atoms with Crippen molar-refractivity contribution in [2.45, 2.75) is 26.2 Å². The molecule has 62 valence electrons. The Morgan fingerprint density at radius 1 is 1.33 bits per heavy atom. The van der Waals surface area contributed by atoms with Crippen LogP contribution < -0.4 is 0 Å². The summed E-state index contributed by atoms with van der Waals surface area (Å²) in [5, 5.41) is 0. The molecule has 0 amide bonds. The molecule has 0 N–H and O–H groups in total. The molecule has 2 rings (SSSR count). The van der Waals surface area contributed by atoms with E-state index in [4.69, 9.17) is 0 Å². The lowest BCUT2D eigenvalue weighted by Crippen LogP contribution is -2.05. The van der Waals surface area contributed by atoms with Crippen LogP contribution in [-0.2, 0) is 0 Å². The van der Waals surface area contributed by atoms with Crippen LogP contribution in [0.3, 0.4) is 0 Å². The molecular weight excluding hydrogens is 146 g/mol. The van der Waals surface area contributed by atoms with Gasteiger partial charge < -0.3 is 0 Å². The molecule has 1 aliphatic heterocycles. The molecule has 0 saturated carbocycles. The number of benzene rings is 1. The summed E-state index contributed by atoms with van der Waals surface area (Å²) in [7, 11) is 0. The van der Waals surface area contributed by atoms with Crippen LogP contribution in [0.4, 0.5) is 5.69 Å². The molecule has 1 aliphatic rings. The quantitative estimate of drug-likeness (QED) is 0.551. The van der Waals surface area contributed by atoms with Crippen molar-refractivity contribution in [1.82, 2.24) is 0 Å². The molecule has 0 saturated heterocycles. The van der Waals surface area contributed by atoms with E-state index in [9.17, 15) is 0 Å². The minimum absolute atomic E-state index is 0.638. The number of aliphatic imine (C=N–C) groups is 1. The van der Waals surface area contributed by atoms with Gasteiger partial charge in [0, 0.05) is 5.71 Å². The molecule has 1 aromatic carbocycles. The van der Waals surface area contributed by atoms with Crippen molar-refractivity contribution >= 4 is 11.4 Å². The number of hydrogen-bond acceptors (Lipinski definition) is 1. The van der Waals surface area contributed by atoms with Crippen LogP contribution in [0.5, 0.6) is 0 Å². The molecule has 0 aliphatic carbocycles. The molecule has 1 atom stereocenters. The highest BCUT2D eigenvalue weighted by atomic mass is 14.8. The molecule has 0 spiro atoms. The third kappa shape index (κ3) is 1.15. The van der Waals surface area contributed by atoms with Gasteiger partial charge in [-0.25, -0.2) is 0 Å². The van der Waals surface area contributed by atoms with E-state index in [0.717, 1.165) is 12.1 Å². The Balaban J connectivity index is 2.55. The van der Waals surface area contributed by atoms with Gasteiger partial charge in [0.1, 0.15) is 0 Å². The number of rotatable bonds is 0. The van der Waals surface area contributed by atoms with Crippen molar-refractivity contribution < 1.29 is 0 Å². The van der Waals surface area contributed by atoms with Crippen molar-refractivity contribution in [2.24, 2.45) is 4.99 Å². The molecule has 0 fully saturated rings. The average Bonchev–Trinajstić information content (AvgIpc) is 2.04. The first kappa shape index (κ1) is 7.53. The molecule has 1 unspecified atom stereocenters. The van der Waals surface area contributed by atoms with E-state index < -0.39 is 0 Å². The number of hydrogen-bond donors (Lipinski definition) is 0. The van der Waals surface area contributed by atoms with Gasteiger partial charge in [-0.1, -0.05) is 25.1 Å². The Morgan fingerprint density at radius 3 is 2.92 bits per heavy atom. The summed E-state index contributed by atoms with van der Waals surface area (Å²) < 4.78 is 0. The topological polar surface area (TPSA) is 12.4 Å². The second kappa shape index (κ2) is 2.74. The highest BCUT2D eigenvalue weighted by molar-refractivity contribution is 5.87. The zero-order valence-electron chi connectivity index (χ0n) is 7.54. The summed E-state index contributed by atoms with van der Waals surface area (Å²) in [6, 6.07) is 8.41. The highest BCUT2D eigenvalue weighted by Gasteiger charge is 2.15. The van der Waals surface area contributed by atoms with Gasteiger partial charge in [-0.15, -0.1) is 0 Å². The van der Waals surface area contributed by atoms with Crippen LogP contribution in [-0.4, -0.2) is 5.71 Å². The fraction of sp³-hybridized carbons (Fsp3) is 0.364. The molecule has 1 heteroatoms. The van der Waals surface area contributed by atoms with Crippen LogP contribution in [0.25, 0.3) is 0 Å². The largest absolute Gasteiger partial charge is 0.258 e. The Hall–Kier alpha value is -1.11. The van der Waals surface area contributed by atoms with Crippen LogP contribution in [0.2, 0.25) is 0 Å². The standard InChI is InChI=1S/C11H13N/c1-8-7-9(2)12-11-6-4-3-5-10(8)11/h3-6,8H,7H2,1-2H3. The Bertz CT molecular complexity index is 326. The zero-order valence-corrected chi connectivity index (χ0v) is 7.54. The molecule has 1 aromatic rings. The molecular formula is C11H13N. The van der Waals surface area contributed by atoms with Gasteiger partial charge >= 0.3 is 0 Å². The SMILES string of the molecule is CC1=Nc2ccccc2C(C)C1. The van der Waals surface area contributed by atoms with Crippen LogP contribution in [0, 0.1) is 0 Å². The summed E-state index contributed by atoms with van der Waals surface area (Å²) >= 11 is 0. The normalized spacial score (nSPS) is 21.5. The summed E-state index contributed by atoms with van der Waals surface area (Å²) in [6.07, 6.45) is 1.11. The molecule has 1 heterocycles. The Morgan fingerprint density at radius 2 is 2.08 bits per heavy atom. The second-order valence-electron chi connectivity index (χ2n) is 3.51. The van der Waals surface area contributed by atoms with Crippen molar-refractivity contribution in [1.29, 1.82) is 0 Å². The smallest absolute Gasteiger partial charge is 0.0663 e. The number of nitrogens with zero attached hydrogens (tertiary/aromatic N) is 1. The molecule has 0 bridgehead atoms. The second-order valence-corrected chi connectivity index (χ2v) is 3.51. The number of para-hydroxylation sites is 1. The van der Waals surface area contributed by atoms with E-state index in [1.54, 1.807) is 0 Å². The lowest BCUT2D eigenvalue weighted by Gasteiger charge is -2.19. The maximum Gasteiger partial charge on any atom is 0.0663 e. The predicted octanol–water partition coefficient (Wildman–Crippen LogP) is 3.29. The summed E-state index contributed by atoms with van der Waals surface area (Å²) in [6.45, 7) is 4.36. The summed E-state index contributed by atoms with van der Waals surface area (Å²) in [5.41, 5.74) is 3.80. The minimum atomic E-state index is 0.638. The summed E-state index contributed by atoms with van der Waals surface area (Å²) in [4.78, 5) is 4.51. The maximum absolute atomic E-state index is 4.51. The first-order valence-corrected chi connectivity index (χ1v) is 4.40. The van der Waals surface area contributed by atoms with E-state index >= 15 is 0 Å². The zero-order chi connectivity index (χ0) is 8.55. The van der Waals surface area contributed by atoms with E-state index in [-0.39, 0.29) is 0 Å². The van der Waals surface area contributed by atoms with Crippen molar-refractivity contribution in [3.05, 3.63) is 29.8 Å². The van der Waals surface area contributed by atoms with Gasteiger partial charge in [0.15, 0.2) is 0 Å². The van der Waals surface area contributed by atoms with Gasteiger partial charge in [0.25, 0.3) is 0 Å². The van der Waals surface area contributed by atoms with Gasteiger partial charge in [-0.05, 0) is 30.9 Å². The predicted molar refractivity (Wildman–Crippen MR) is 52.2 cm³/mol. The Labute approximate surface area is 73.1 Å². The maximum atomic E-state index is 4.51. The number of fused-ring (bicyclic) bond motifs is 1. The van der Waals surface area contributed by atoms with Gasteiger partial charge in [0.05, 0.1) is 5.69 Å². The van der Waals surface area contributed by atoms with E-state index in [0.29, 0.717) is 5.92 Å². The van der Waals surface area contributed by atoms with Crippen LogP contribution >= 0.6 is 0 Å². The first-order chi connectivity index (χ1) is 5.77. The van der Waals surface area contributed by atoms with Gasteiger partial charge in [-0.3, -0.25) is 4.99 Å². The fourth-order valence-corrected chi connectivity index (χ4v) is 1.81. The van der Waals surface area contributed by atoms with E-state index in [1.165, 1.54) is 11.3 Å².